The molecule has 0 bridgehead atoms. The normalized spacial score (nSPS) is 11.4. The molecule has 0 fully saturated rings. The van der Waals surface area contributed by atoms with Gasteiger partial charge in [-0.15, -0.1) is 11.3 Å². The zero-order chi connectivity index (χ0) is 13.7. The van der Waals surface area contributed by atoms with Crippen molar-refractivity contribution in [3.63, 3.8) is 0 Å². The first-order valence-corrected chi connectivity index (χ1v) is 6.92. The number of rotatable bonds is 7. The standard InChI is InChI=1S/C12H15F2N3OS/c1-2-4-15-11-8-3-5-19-12(8)17-10(16-11)7-18-6-9(13)14/h3,5,9H,2,4,6-7H2,1H3,(H,15,16,17). The lowest BCUT2D eigenvalue weighted by atomic mass is 10.3. The summed E-state index contributed by atoms with van der Waals surface area (Å²) in [6.45, 7) is 2.27. The number of alkyl halides is 2. The molecule has 4 nitrogen and oxygen atoms in total. The molecule has 2 heterocycles. The Bertz CT molecular complexity index is 533. The molecule has 0 unspecified atom stereocenters. The molecule has 2 rings (SSSR count). The molecule has 19 heavy (non-hydrogen) atoms. The van der Waals surface area contributed by atoms with Gasteiger partial charge in [0.1, 0.15) is 23.9 Å². The van der Waals surface area contributed by atoms with Crippen molar-refractivity contribution in [3.05, 3.63) is 17.3 Å². The van der Waals surface area contributed by atoms with Crippen LogP contribution in [0.1, 0.15) is 19.2 Å². The van der Waals surface area contributed by atoms with Gasteiger partial charge in [-0.3, -0.25) is 0 Å². The maximum absolute atomic E-state index is 12.0. The number of anilines is 1. The van der Waals surface area contributed by atoms with E-state index in [1.807, 2.05) is 11.4 Å². The van der Waals surface area contributed by atoms with Crippen LogP contribution in [0, 0.1) is 0 Å². The van der Waals surface area contributed by atoms with E-state index < -0.39 is 13.0 Å². The van der Waals surface area contributed by atoms with Gasteiger partial charge in [-0.2, -0.15) is 0 Å². The quantitative estimate of drug-likeness (QED) is 0.849. The van der Waals surface area contributed by atoms with E-state index in [4.69, 9.17) is 4.74 Å². The second kappa shape index (κ2) is 6.72. The van der Waals surface area contributed by atoms with E-state index in [0.717, 1.165) is 29.0 Å². The molecule has 0 amide bonds. The third-order valence-corrected chi connectivity index (χ3v) is 3.20. The number of nitrogens with zero attached hydrogens (tertiary/aromatic N) is 2. The fourth-order valence-electron chi connectivity index (χ4n) is 1.58. The van der Waals surface area contributed by atoms with Gasteiger partial charge >= 0.3 is 0 Å². The Hall–Kier alpha value is -1.34. The Labute approximate surface area is 113 Å². The minimum absolute atomic E-state index is 0.00101. The van der Waals surface area contributed by atoms with Gasteiger partial charge in [-0.1, -0.05) is 6.92 Å². The van der Waals surface area contributed by atoms with Gasteiger partial charge in [0.15, 0.2) is 5.82 Å². The Balaban J connectivity index is 2.14. The lowest BCUT2D eigenvalue weighted by Crippen LogP contribution is -2.09. The Morgan fingerprint density at radius 2 is 2.26 bits per heavy atom. The van der Waals surface area contributed by atoms with E-state index in [1.165, 1.54) is 11.3 Å². The number of aromatic nitrogens is 2. The van der Waals surface area contributed by atoms with Crippen LogP contribution in [0.5, 0.6) is 0 Å². The average molecular weight is 287 g/mol. The molecule has 0 atom stereocenters. The fraction of sp³-hybridized carbons (Fsp3) is 0.500. The second-order valence-corrected chi connectivity index (χ2v) is 4.86. The first kappa shape index (κ1) is 14.1. The summed E-state index contributed by atoms with van der Waals surface area (Å²) < 4.78 is 28.9. The molecule has 7 heteroatoms. The lowest BCUT2D eigenvalue weighted by molar-refractivity contribution is 0.00781. The van der Waals surface area contributed by atoms with Crippen LogP contribution in [0.3, 0.4) is 0 Å². The number of fused-ring (bicyclic) bond motifs is 1. The summed E-state index contributed by atoms with van der Waals surface area (Å²) in [6, 6.07) is 1.95. The van der Waals surface area contributed by atoms with Crippen molar-refractivity contribution < 1.29 is 13.5 Å². The van der Waals surface area contributed by atoms with Gasteiger partial charge in [-0.05, 0) is 17.9 Å². The molecule has 104 valence electrons. The van der Waals surface area contributed by atoms with Crippen molar-refractivity contribution in [2.75, 3.05) is 18.5 Å². The van der Waals surface area contributed by atoms with Crippen molar-refractivity contribution in [1.29, 1.82) is 0 Å². The number of nitrogens with one attached hydrogen (secondary N) is 1. The molecule has 0 aliphatic carbocycles. The molecule has 2 aromatic heterocycles. The number of halogens is 2. The van der Waals surface area contributed by atoms with Crippen LogP contribution in [-0.4, -0.2) is 29.5 Å². The summed E-state index contributed by atoms with van der Waals surface area (Å²) in [5.74, 6) is 1.16. The van der Waals surface area contributed by atoms with Gasteiger partial charge < -0.3 is 10.1 Å². The number of hydrogen-bond acceptors (Lipinski definition) is 5. The van der Waals surface area contributed by atoms with E-state index in [-0.39, 0.29) is 6.61 Å². The Kier molecular flexibility index (Phi) is 4.98. The van der Waals surface area contributed by atoms with E-state index in [1.54, 1.807) is 0 Å². The Morgan fingerprint density at radius 3 is 3.00 bits per heavy atom. The summed E-state index contributed by atoms with van der Waals surface area (Å²) in [5.41, 5.74) is 0. The smallest absolute Gasteiger partial charge is 0.261 e. The SMILES string of the molecule is CCCNc1nc(COCC(F)F)nc2sccc12. The molecule has 2 aromatic rings. The minimum atomic E-state index is -2.47. The van der Waals surface area contributed by atoms with Crippen LogP contribution in [-0.2, 0) is 11.3 Å². The van der Waals surface area contributed by atoms with E-state index in [2.05, 4.69) is 22.2 Å². The monoisotopic (exact) mass is 287 g/mol. The molecule has 0 saturated heterocycles. The van der Waals surface area contributed by atoms with Crippen LogP contribution in [0.15, 0.2) is 11.4 Å². The van der Waals surface area contributed by atoms with Gasteiger partial charge in [0.05, 0.1) is 5.39 Å². The molecule has 0 aliphatic heterocycles. The Morgan fingerprint density at radius 1 is 1.42 bits per heavy atom. The van der Waals surface area contributed by atoms with Crippen molar-refractivity contribution >= 4 is 27.4 Å². The van der Waals surface area contributed by atoms with E-state index in [9.17, 15) is 8.78 Å². The van der Waals surface area contributed by atoms with Crippen LogP contribution < -0.4 is 5.32 Å². The van der Waals surface area contributed by atoms with E-state index >= 15 is 0 Å². The number of thiophene rings is 1. The lowest BCUT2D eigenvalue weighted by Gasteiger charge is -2.08. The van der Waals surface area contributed by atoms with Crippen molar-refractivity contribution in [2.24, 2.45) is 0 Å². The van der Waals surface area contributed by atoms with Crippen molar-refractivity contribution in [2.45, 2.75) is 26.4 Å². The fourth-order valence-corrected chi connectivity index (χ4v) is 2.36. The number of hydrogen-bond donors (Lipinski definition) is 1. The highest BCUT2D eigenvalue weighted by Gasteiger charge is 2.09. The highest BCUT2D eigenvalue weighted by Crippen LogP contribution is 2.25. The summed E-state index contributed by atoms with van der Waals surface area (Å²) in [4.78, 5) is 9.46. The summed E-state index contributed by atoms with van der Waals surface area (Å²) in [5, 5.41) is 6.10. The zero-order valence-corrected chi connectivity index (χ0v) is 11.3. The molecule has 0 radical (unpaired) electrons. The van der Waals surface area contributed by atoms with Crippen molar-refractivity contribution in [3.8, 4) is 0 Å². The molecule has 0 spiro atoms. The molecule has 1 N–H and O–H groups in total. The van der Waals surface area contributed by atoms with Gasteiger partial charge in [0, 0.05) is 6.54 Å². The van der Waals surface area contributed by atoms with Crippen LogP contribution in [0.2, 0.25) is 0 Å². The highest BCUT2D eigenvalue weighted by atomic mass is 32.1. The summed E-state index contributed by atoms with van der Waals surface area (Å²) >= 11 is 1.49. The van der Waals surface area contributed by atoms with Crippen LogP contribution in [0.4, 0.5) is 14.6 Å². The van der Waals surface area contributed by atoms with Gasteiger partial charge in [-0.25, -0.2) is 18.7 Å². The van der Waals surface area contributed by atoms with E-state index in [0.29, 0.717) is 5.82 Å². The van der Waals surface area contributed by atoms with Crippen molar-refractivity contribution in [1.82, 2.24) is 9.97 Å². The number of ether oxygens (including phenoxy) is 1. The molecule has 0 aromatic carbocycles. The zero-order valence-electron chi connectivity index (χ0n) is 10.5. The molecule has 0 aliphatic rings. The average Bonchev–Trinajstić information content (AvgIpc) is 2.83. The van der Waals surface area contributed by atoms with Crippen LogP contribution >= 0.6 is 11.3 Å². The highest BCUT2D eigenvalue weighted by molar-refractivity contribution is 7.16. The third kappa shape index (κ3) is 3.81. The molecular weight excluding hydrogens is 272 g/mol. The topological polar surface area (TPSA) is 47.0 Å². The minimum Gasteiger partial charge on any atom is -0.369 e. The maximum atomic E-state index is 12.0. The van der Waals surface area contributed by atoms with Gasteiger partial charge in [0.2, 0.25) is 0 Å². The first-order chi connectivity index (χ1) is 9.20. The molecule has 0 saturated carbocycles. The van der Waals surface area contributed by atoms with Gasteiger partial charge in [0.25, 0.3) is 6.43 Å². The van der Waals surface area contributed by atoms with Crippen LogP contribution in [0.25, 0.3) is 10.2 Å². The summed E-state index contributed by atoms with van der Waals surface area (Å²) in [7, 11) is 0. The molecular formula is C12H15F2N3OS. The predicted octanol–water partition coefficient (Wildman–Crippen LogP) is 3.29. The third-order valence-electron chi connectivity index (χ3n) is 2.39. The largest absolute Gasteiger partial charge is 0.369 e. The predicted molar refractivity (Wildman–Crippen MR) is 71.9 cm³/mol. The maximum Gasteiger partial charge on any atom is 0.261 e. The first-order valence-electron chi connectivity index (χ1n) is 6.04. The summed E-state index contributed by atoms with van der Waals surface area (Å²) in [6.07, 6.45) is -1.49. The second-order valence-electron chi connectivity index (χ2n) is 3.96.